The number of hydrogen-bond acceptors (Lipinski definition) is 2. The molecule has 0 bridgehead atoms. The number of halogens is 2. The van der Waals surface area contributed by atoms with Gasteiger partial charge in [-0.15, -0.1) is 0 Å². The molecule has 0 saturated heterocycles. The number of fused-ring (bicyclic) bond motifs is 1. The third-order valence-electron chi connectivity index (χ3n) is 3.84. The van der Waals surface area contributed by atoms with Crippen LogP contribution in [-0.4, -0.2) is 16.1 Å². The SMILES string of the molecule is Cc1cccc(-c2c3c(nn2C)CCC(C=O)=C3Cl)c1Cl. The maximum absolute atomic E-state index is 11.2. The lowest BCUT2D eigenvalue weighted by Gasteiger charge is -2.14. The smallest absolute Gasteiger partial charge is 0.147 e. The van der Waals surface area contributed by atoms with E-state index in [1.807, 2.05) is 32.2 Å². The fourth-order valence-corrected chi connectivity index (χ4v) is 3.31. The van der Waals surface area contributed by atoms with Crippen LogP contribution in [0.15, 0.2) is 23.8 Å². The maximum atomic E-state index is 11.2. The van der Waals surface area contributed by atoms with E-state index in [4.69, 9.17) is 23.2 Å². The number of allylic oxidation sites excluding steroid dienone is 1. The van der Waals surface area contributed by atoms with Crippen LogP contribution in [0.2, 0.25) is 5.02 Å². The molecule has 0 radical (unpaired) electrons. The van der Waals surface area contributed by atoms with E-state index >= 15 is 0 Å². The molecule has 1 aliphatic rings. The Kier molecular flexibility index (Phi) is 3.64. The van der Waals surface area contributed by atoms with Gasteiger partial charge in [-0.05, 0) is 25.3 Å². The van der Waals surface area contributed by atoms with Gasteiger partial charge in [-0.2, -0.15) is 5.10 Å². The van der Waals surface area contributed by atoms with E-state index in [0.717, 1.165) is 40.8 Å². The monoisotopic (exact) mass is 320 g/mol. The average molecular weight is 321 g/mol. The number of aromatic nitrogens is 2. The van der Waals surface area contributed by atoms with Gasteiger partial charge >= 0.3 is 0 Å². The molecule has 3 rings (SSSR count). The Morgan fingerprint density at radius 3 is 2.76 bits per heavy atom. The summed E-state index contributed by atoms with van der Waals surface area (Å²) in [6, 6.07) is 5.87. The van der Waals surface area contributed by atoms with Gasteiger partial charge in [-0.25, -0.2) is 0 Å². The Balaban J connectivity index is 2.32. The lowest BCUT2D eigenvalue weighted by atomic mass is 9.94. The number of hydrogen-bond donors (Lipinski definition) is 0. The van der Waals surface area contributed by atoms with Crippen LogP contribution in [0.3, 0.4) is 0 Å². The molecule has 3 nitrogen and oxygen atoms in total. The van der Waals surface area contributed by atoms with Crippen molar-refractivity contribution in [2.75, 3.05) is 0 Å². The van der Waals surface area contributed by atoms with Crippen molar-refractivity contribution in [2.45, 2.75) is 19.8 Å². The minimum absolute atomic E-state index is 0.493. The Bertz CT molecular complexity index is 775. The lowest BCUT2D eigenvalue weighted by molar-refractivity contribution is -0.105. The average Bonchev–Trinajstić information content (AvgIpc) is 2.79. The summed E-state index contributed by atoms with van der Waals surface area (Å²) in [6.07, 6.45) is 2.18. The number of aldehydes is 1. The topological polar surface area (TPSA) is 34.9 Å². The number of nitrogens with zero attached hydrogens (tertiary/aromatic N) is 2. The minimum atomic E-state index is 0.493. The van der Waals surface area contributed by atoms with Gasteiger partial charge in [0.25, 0.3) is 0 Å². The number of aryl methyl sites for hydroxylation is 3. The van der Waals surface area contributed by atoms with Gasteiger partial charge in [0.05, 0.1) is 21.4 Å². The summed E-state index contributed by atoms with van der Waals surface area (Å²) >= 11 is 12.9. The Morgan fingerprint density at radius 1 is 1.29 bits per heavy atom. The predicted octanol–water partition coefficient (Wildman–Crippen LogP) is 4.14. The summed E-state index contributed by atoms with van der Waals surface area (Å²) < 4.78 is 1.79. The van der Waals surface area contributed by atoms with Gasteiger partial charge < -0.3 is 0 Å². The van der Waals surface area contributed by atoms with Crippen LogP contribution < -0.4 is 0 Å². The molecule has 0 saturated carbocycles. The summed E-state index contributed by atoms with van der Waals surface area (Å²) in [5, 5.41) is 5.72. The molecule has 1 heterocycles. The highest BCUT2D eigenvalue weighted by atomic mass is 35.5. The van der Waals surface area contributed by atoms with Crippen LogP contribution in [-0.2, 0) is 18.3 Å². The summed E-state index contributed by atoms with van der Waals surface area (Å²) in [7, 11) is 1.87. The fraction of sp³-hybridized carbons (Fsp3) is 0.250. The van der Waals surface area contributed by atoms with E-state index in [2.05, 4.69) is 5.10 Å². The predicted molar refractivity (Wildman–Crippen MR) is 85.5 cm³/mol. The molecular weight excluding hydrogens is 307 g/mol. The van der Waals surface area contributed by atoms with Gasteiger partial charge in [0.1, 0.15) is 6.29 Å². The molecule has 0 atom stereocenters. The second-order valence-corrected chi connectivity index (χ2v) is 5.94. The molecule has 0 N–H and O–H groups in total. The molecule has 1 aromatic heterocycles. The largest absolute Gasteiger partial charge is 0.298 e. The summed E-state index contributed by atoms with van der Waals surface area (Å²) in [4.78, 5) is 11.2. The highest BCUT2D eigenvalue weighted by Gasteiger charge is 2.27. The summed E-state index contributed by atoms with van der Waals surface area (Å²) in [6.45, 7) is 1.96. The minimum Gasteiger partial charge on any atom is -0.298 e. The van der Waals surface area contributed by atoms with Crippen molar-refractivity contribution >= 4 is 34.5 Å². The summed E-state index contributed by atoms with van der Waals surface area (Å²) in [5.41, 5.74) is 5.12. The molecule has 21 heavy (non-hydrogen) atoms. The number of benzene rings is 1. The standard InChI is InChI=1S/C16H14Cl2N2O/c1-9-4-3-5-11(14(9)17)16-13-12(19-20(16)2)7-6-10(8-21)15(13)18/h3-5,8H,6-7H2,1-2H3. The highest BCUT2D eigenvalue weighted by molar-refractivity contribution is 6.51. The molecule has 0 amide bonds. The first-order valence-corrected chi connectivity index (χ1v) is 7.45. The zero-order valence-corrected chi connectivity index (χ0v) is 13.3. The highest BCUT2D eigenvalue weighted by Crippen LogP contribution is 2.41. The van der Waals surface area contributed by atoms with E-state index < -0.39 is 0 Å². The maximum Gasteiger partial charge on any atom is 0.147 e. The molecule has 1 aliphatic carbocycles. The van der Waals surface area contributed by atoms with Crippen molar-refractivity contribution in [3.8, 4) is 11.3 Å². The molecule has 2 aromatic rings. The van der Waals surface area contributed by atoms with E-state index in [-0.39, 0.29) is 0 Å². The van der Waals surface area contributed by atoms with Crippen LogP contribution >= 0.6 is 23.2 Å². The Morgan fingerprint density at radius 2 is 2.05 bits per heavy atom. The number of rotatable bonds is 2. The van der Waals surface area contributed by atoms with Crippen LogP contribution in [0.25, 0.3) is 16.3 Å². The van der Waals surface area contributed by atoms with Crippen LogP contribution in [0.5, 0.6) is 0 Å². The Hall–Kier alpha value is -1.58. The number of carbonyl (C=O) groups excluding carboxylic acids is 1. The normalized spacial score (nSPS) is 14.3. The van der Waals surface area contributed by atoms with Gasteiger partial charge in [0.2, 0.25) is 0 Å². The third-order valence-corrected chi connectivity index (χ3v) is 4.77. The van der Waals surface area contributed by atoms with Crippen molar-refractivity contribution < 1.29 is 4.79 Å². The van der Waals surface area contributed by atoms with Crippen molar-refractivity contribution in [1.29, 1.82) is 0 Å². The van der Waals surface area contributed by atoms with Crippen molar-refractivity contribution in [3.63, 3.8) is 0 Å². The van der Waals surface area contributed by atoms with Gasteiger partial charge in [-0.1, -0.05) is 41.4 Å². The third kappa shape index (κ3) is 2.21. The number of carbonyl (C=O) groups is 1. The summed E-state index contributed by atoms with van der Waals surface area (Å²) in [5.74, 6) is 0. The van der Waals surface area contributed by atoms with Crippen LogP contribution in [0.1, 0.15) is 23.2 Å². The lowest BCUT2D eigenvalue weighted by Crippen LogP contribution is -2.03. The van der Waals surface area contributed by atoms with E-state index in [9.17, 15) is 4.79 Å². The molecule has 108 valence electrons. The van der Waals surface area contributed by atoms with Gasteiger partial charge in [-0.3, -0.25) is 9.48 Å². The first-order valence-electron chi connectivity index (χ1n) is 6.70. The molecular formula is C16H14Cl2N2O. The second kappa shape index (κ2) is 5.32. The first-order chi connectivity index (χ1) is 10.0. The first kappa shape index (κ1) is 14.4. The van der Waals surface area contributed by atoms with Gasteiger partial charge in [0, 0.05) is 23.7 Å². The van der Waals surface area contributed by atoms with Crippen LogP contribution in [0.4, 0.5) is 0 Å². The van der Waals surface area contributed by atoms with Crippen LogP contribution in [0, 0.1) is 6.92 Å². The van der Waals surface area contributed by atoms with Crippen molar-refractivity contribution in [1.82, 2.24) is 9.78 Å². The van der Waals surface area contributed by atoms with Gasteiger partial charge in [0.15, 0.2) is 0 Å². The molecule has 1 aromatic carbocycles. The zero-order chi connectivity index (χ0) is 15.1. The second-order valence-electron chi connectivity index (χ2n) is 5.19. The zero-order valence-electron chi connectivity index (χ0n) is 11.8. The van der Waals surface area contributed by atoms with E-state index in [1.54, 1.807) is 4.68 Å². The molecule has 0 aliphatic heterocycles. The quantitative estimate of drug-likeness (QED) is 0.779. The molecule has 0 spiro atoms. The molecule has 5 heteroatoms. The van der Waals surface area contributed by atoms with E-state index in [0.29, 0.717) is 22.0 Å². The fourth-order valence-electron chi connectivity index (χ4n) is 2.76. The Labute approximate surface area is 133 Å². The molecule has 0 fully saturated rings. The van der Waals surface area contributed by atoms with E-state index in [1.165, 1.54) is 0 Å². The molecule has 0 unspecified atom stereocenters. The van der Waals surface area contributed by atoms with Crippen molar-refractivity contribution in [3.05, 3.63) is 45.6 Å². The van der Waals surface area contributed by atoms with Crippen molar-refractivity contribution in [2.24, 2.45) is 7.05 Å².